The van der Waals surface area contributed by atoms with Crippen LogP contribution < -0.4 is 5.32 Å². The third-order valence-electron chi connectivity index (χ3n) is 3.35. The van der Waals surface area contributed by atoms with Gasteiger partial charge in [-0.05, 0) is 30.2 Å². The van der Waals surface area contributed by atoms with Gasteiger partial charge in [0.25, 0.3) is 0 Å². The number of hydrogen-bond acceptors (Lipinski definition) is 3. The molecule has 1 aliphatic rings. The molecule has 0 aromatic heterocycles. The summed E-state index contributed by atoms with van der Waals surface area (Å²) in [4.78, 5) is 11.6. The van der Waals surface area contributed by atoms with Gasteiger partial charge in [-0.25, -0.2) is 4.39 Å². The summed E-state index contributed by atoms with van der Waals surface area (Å²) >= 11 is 0. The number of carbonyl (C=O) groups excluding carboxylic acids is 1. The maximum absolute atomic E-state index is 13.0. The first-order valence-electron chi connectivity index (χ1n) is 5.68. The van der Waals surface area contributed by atoms with Gasteiger partial charge in [0.1, 0.15) is 5.82 Å². The molecule has 3 nitrogen and oxygen atoms in total. The highest BCUT2D eigenvalue weighted by Gasteiger charge is 2.35. The fraction of sp³-hybridized carbons (Fsp3) is 0.462. The molecule has 0 spiro atoms. The lowest BCUT2D eigenvalue weighted by Gasteiger charge is -2.18. The molecular weight excluding hydrogens is 221 g/mol. The molecule has 4 heteroatoms. The highest BCUT2D eigenvalue weighted by molar-refractivity contribution is 5.74. The second-order valence-electron chi connectivity index (χ2n) is 4.40. The molecule has 2 atom stereocenters. The van der Waals surface area contributed by atoms with Crippen molar-refractivity contribution < 1.29 is 13.9 Å². The van der Waals surface area contributed by atoms with Crippen LogP contribution in [0.1, 0.15) is 17.0 Å². The van der Waals surface area contributed by atoms with E-state index in [4.69, 9.17) is 4.74 Å². The minimum Gasteiger partial charge on any atom is -0.469 e. The van der Waals surface area contributed by atoms with Crippen LogP contribution in [0, 0.1) is 18.7 Å². The summed E-state index contributed by atoms with van der Waals surface area (Å²) in [5.74, 6) is -0.553. The Kier molecular flexibility index (Phi) is 3.43. The number of methoxy groups -OCH3 is 1. The van der Waals surface area contributed by atoms with Gasteiger partial charge >= 0.3 is 5.97 Å². The van der Waals surface area contributed by atoms with Crippen LogP contribution in [0.2, 0.25) is 0 Å². The summed E-state index contributed by atoms with van der Waals surface area (Å²) in [6.07, 6.45) is 0. The summed E-state index contributed by atoms with van der Waals surface area (Å²) in [6, 6.07) is 4.70. The van der Waals surface area contributed by atoms with E-state index in [-0.39, 0.29) is 23.6 Å². The summed E-state index contributed by atoms with van der Waals surface area (Å²) in [7, 11) is 1.40. The molecule has 2 unspecified atom stereocenters. The maximum Gasteiger partial charge on any atom is 0.310 e. The fourth-order valence-electron chi connectivity index (χ4n) is 2.46. The number of aryl methyl sites for hydroxylation is 1. The van der Waals surface area contributed by atoms with E-state index in [0.29, 0.717) is 6.54 Å². The Bertz CT molecular complexity index is 433. The predicted molar refractivity (Wildman–Crippen MR) is 62.3 cm³/mol. The van der Waals surface area contributed by atoms with Crippen LogP contribution in [0.3, 0.4) is 0 Å². The summed E-state index contributed by atoms with van der Waals surface area (Å²) in [5.41, 5.74) is 1.90. The van der Waals surface area contributed by atoms with E-state index in [0.717, 1.165) is 17.7 Å². The number of ether oxygens (including phenoxy) is 1. The van der Waals surface area contributed by atoms with Gasteiger partial charge in [0.15, 0.2) is 0 Å². The smallest absolute Gasteiger partial charge is 0.310 e. The third kappa shape index (κ3) is 2.31. The lowest BCUT2D eigenvalue weighted by Crippen LogP contribution is -2.23. The van der Waals surface area contributed by atoms with Gasteiger partial charge in [-0.3, -0.25) is 4.79 Å². The molecule has 0 bridgehead atoms. The topological polar surface area (TPSA) is 38.3 Å². The van der Waals surface area contributed by atoms with Crippen molar-refractivity contribution in [3.05, 3.63) is 35.1 Å². The molecule has 1 aliphatic heterocycles. The molecule has 17 heavy (non-hydrogen) atoms. The minimum atomic E-state index is -0.244. The van der Waals surface area contributed by atoms with E-state index in [9.17, 15) is 9.18 Å². The molecule has 0 saturated carbocycles. The van der Waals surface area contributed by atoms with Crippen molar-refractivity contribution in [3.63, 3.8) is 0 Å². The molecule has 2 rings (SSSR count). The number of esters is 1. The van der Waals surface area contributed by atoms with Crippen LogP contribution in [0.5, 0.6) is 0 Å². The first-order chi connectivity index (χ1) is 8.13. The summed E-state index contributed by atoms with van der Waals surface area (Å²) in [6.45, 7) is 3.21. The van der Waals surface area contributed by atoms with Crippen molar-refractivity contribution in [1.29, 1.82) is 0 Å². The molecule has 0 aliphatic carbocycles. The van der Waals surface area contributed by atoms with Gasteiger partial charge in [0.05, 0.1) is 13.0 Å². The Morgan fingerprint density at radius 2 is 2.24 bits per heavy atom. The molecule has 1 aromatic rings. The number of carbonyl (C=O) groups is 1. The van der Waals surface area contributed by atoms with E-state index < -0.39 is 0 Å². The highest BCUT2D eigenvalue weighted by Crippen LogP contribution is 2.31. The average molecular weight is 237 g/mol. The van der Waals surface area contributed by atoms with Crippen molar-refractivity contribution in [1.82, 2.24) is 5.32 Å². The zero-order chi connectivity index (χ0) is 12.4. The van der Waals surface area contributed by atoms with Gasteiger partial charge in [0, 0.05) is 19.0 Å². The molecule has 1 N–H and O–H groups in total. The van der Waals surface area contributed by atoms with Crippen molar-refractivity contribution in [2.45, 2.75) is 12.8 Å². The summed E-state index contributed by atoms with van der Waals surface area (Å²) in [5, 5.41) is 3.18. The van der Waals surface area contributed by atoms with Gasteiger partial charge in [0.2, 0.25) is 0 Å². The zero-order valence-electron chi connectivity index (χ0n) is 10.00. The van der Waals surface area contributed by atoms with Gasteiger partial charge in [-0.15, -0.1) is 0 Å². The van der Waals surface area contributed by atoms with Gasteiger partial charge < -0.3 is 10.1 Å². The van der Waals surface area contributed by atoms with E-state index in [1.807, 2.05) is 6.92 Å². The van der Waals surface area contributed by atoms with Crippen molar-refractivity contribution in [3.8, 4) is 0 Å². The van der Waals surface area contributed by atoms with Crippen molar-refractivity contribution >= 4 is 5.97 Å². The van der Waals surface area contributed by atoms with E-state index in [1.54, 1.807) is 6.07 Å². The molecule has 0 amide bonds. The SMILES string of the molecule is COC(=O)C1CNCC1c1ccc(F)cc1C. The van der Waals surface area contributed by atoms with Gasteiger partial charge in [-0.2, -0.15) is 0 Å². The molecular formula is C13H16FNO2. The van der Waals surface area contributed by atoms with Crippen molar-refractivity contribution in [2.75, 3.05) is 20.2 Å². The number of benzene rings is 1. The van der Waals surface area contributed by atoms with Gasteiger partial charge in [-0.1, -0.05) is 6.07 Å². The van der Waals surface area contributed by atoms with Crippen LogP contribution in [0.25, 0.3) is 0 Å². The average Bonchev–Trinajstić information content (AvgIpc) is 2.77. The second-order valence-corrected chi connectivity index (χ2v) is 4.40. The number of hydrogen-bond donors (Lipinski definition) is 1. The molecule has 0 radical (unpaired) electrons. The Morgan fingerprint density at radius 1 is 1.47 bits per heavy atom. The summed E-state index contributed by atoms with van der Waals surface area (Å²) < 4.78 is 17.8. The quantitative estimate of drug-likeness (QED) is 0.794. The van der Waals surface area contributed by atoms with Crippen LogP contribution in [0.15, 0.2) is 18.2 Å². The molecule has 1 fully saturated rings. The lowest BCUT2D eigenvalue weighted by molar-refractivity contribution is -0.145. The van der Waals surface area contributed by atoms with Crippen LogP contribution in [-0.4, -0.2) is 26.2 Å². The lowest BCUT2D eigenvalue weighted by atomic mass is 9.86. The van der Waals surface area contributed by atoms with E-state index in [1.165, 1.54) is 19.2 Å². The molecule has 1 aromatic carbocycles. The normalized spacial score (nSPS) is 23.7. The Morgan fingerprint density at radius 3 is 2.88 bits per heavy atom. The molecule has 92 valence electrons. The second kappa shape index (κ2) is 4.84. The highest BCUT2D eigenvalue weighted by atomic mass is 19.1. The first kappa shape index (κ1) is 12.0. The molecule has 1 saturated heterocycles. The number of rotatable bonds is 2. The largest absolute Gasteiger partial charge is 0.469 e. The number of halogens is 1. The first-order valence-corrected chi connectivity index (χ1v) is 5.68. The van der Waals surface area contributed by atoms with Crippen LogP contribution in [-0.2, 0) is 9.53 Å². The molecule has 1 heterocycles. The van der Waals surface area contributed by atoms with E-state index in [2.05, 4.69) is 5.32 Å². The number of nitrogens with one attached hydrogen (secondary N) is 1. The standard InChI is InChI=1S/C13H16FNO2/c1-8-5-9(14)3-4-10(8)11-6-15-7-12(11)13(16)17-2/h3-5,11-12,15H,6-7H2,1-2H3. The minimum absolute atomic E-state index is 0.0723. The Balaban J connectivity index is 2.29. The van der Waals surface area contributed by atoms with Crippen LogP contribution in [0.4, 0.5) is 4.39 Å². The fourth-order valence-corrected chi connectivity index (χ4v) is 2.46. The van der Waals surface area contributed by atoms with Crippen molar-refractivity contribution in [2.24, 2.45) is 5.92 Å². The van der Waals surface area contributed by atoms with E-state index >= 15 is 0 Å². The third-order valence-corrected chi connectivity index (χ3v) is 3.35. The predicted octanol–water partition coefficient (Wildman–Crippen LogP) is 1.61. The van der Waals surface area contributed by atoms with Crippen LogP contribution >= 0.6 is 0 Å². The Labute approximate surface area is 100.0 Å². The Hall–Kier alpha value is -1.42. The zero-order valence-corrected chi connectivity index (χ0v) is 10.00. The maximum atomic E-state index is 13.0. The monoisotopic (exact) mass is 237 g/mol.